The number of hydrogen-bond donors (Lipinski definition) is 1. The summed E-state index contributed by atoms with van der Waals surface area (Å²) >= 11 is 12.6. The number of benzene rings is 2. The first-order valence-corrected chi connectivity index (χ1v) is 10.3. The number of carbonyl (C=O) groups is 1. The average molecular weight is 445 g/mol. The molecule has 3 aromatic rings. The predicted octanol–water partition coefficient (Wildman–Crippen LogP) is 3.72. The second-order valence-electron chi connectivity index (χ2n) is 7.01. The Balaban J connectivity index is 1.63. The highest BCUT2D eigenvalue weighted by atomic mass is 35.5. The van der Waals surface area contributed by atoms with Gasteiger partial charge in [-0.2, -0.15) is 5.10 Å². The second-order valence-corrected chi connectivity index (χ2v) is 7.85. The Bertz CT molecular complexity index is 1130. The van der Waals surface area contributed by atoms with Gasteiger partial charge in [-0.05, 0) is 30.3 Å². The molecule has 7 nitrogen and oxygen atoms in total. The fourth-order valence-electron chi connectivity index (χ4n) is 3.68. The van der Waals surface area contributed by atoms with Crippen molar-refractivity contribution in [2.45, 2.75) is 6.61 Å². The molecule has 0 atom stereocenters. The number of morpholine rings is 1. The molecule has 1 saturated heterocycles. The molecule has 3 heterocycles. The Morgan fingerprint density at radius 2 is 1.90 bits per heavy atom. The quantitative estimate of drug-likeness (QED) is 0.666. The van der Waals surface area contributed by atoms with Crippen molar-refractivity contribution < 1.29 is 14.3 Å². The maximum Gasteiger partial charge on any atom is 0.286 e. The smallest absolute Gasteiger partial charge is 0.286 e. The molecule has 30 heavy (non-hydrogen) atoms. The van der Waals surface area contributed by atoms with Gasteiger partial charge in [0.15, 0.2) is 5.69 Å². The fraction of sp³-hybridized carbons (Fsp3) is 0.238. The van der Waals surface area contributed by atoms with E-state index in [1.165, 1.54) is 0 Å². The lowest BCUT2D eigenvalue weighted by Gasteiger charge is -2.26. The van der Waals surface area contributed by atoms with Crippen LogP contribution in [-0.4, -0.2) is 47.0 Å². The van der Waals surface area contributed by atoms with E-state index in [1.54, 1.807) is 22.9 Å². The number of hydrogen-bond acceptors (Lipinski definition) is 5. The van der Waals surface area contributed by atoms with Gasteiger partial charge in [0, 0.05) is 29.2 Å². The van der Waals surface area contributed by atoms with Gasteiger partial charge >= 0.3 is 0 Å². The monoisotopic (exact) mass is 444 g/mol. The maximum absolute atomic E-state index is 13.1. The van der Waals surface area contributed by atoms with Crippen LogP contribution in [0.2, 0.25) is 10.0 Å². The van der Waals surface area contributed by atoms with Crippen LogP contribution < -0.4 is 10.2 Å². The third kappa shape index (κ3) is 3.44. The lowest BCUT2D eigenvalue weighted by atomic mass is 10.0. The summed E-state index contributed by atoms with van der Waals surface area (Å²) in [6.45, 7) is 2.63. The zero-order valence-corrected chi connectivity index (χ0v) is 17.4. The van der Waals surface area contributed by atoms with Crippen molar-refractivity contribution in [2.75, 3.05) is 26.3 Å². The normalized spacial score (nSPS) is 15.8. The second kappa shape index (κ2) is 7.92. The van der Waals surface area contributed by atoms with Crippen LogP contribution >= 0.6 is 23.2 Å². The Morgan fingerprint density at radius 1 is 1.10 bits per heavy atom. The molecule has 1 N–H and O–H groups in total. The number of ether oxygens (including phenoxy) is 2. The minimum atomic E-state index is -0.292. The van der Waals surface area contributed by atoms with Crippen molar-refractivity contribution in [3.05, 3.63) is 63.8 Å². The molecule has 0 aliphatic carbocycles. The van der Waals surface area contributed by atoms with Crippen molar-refractivity contribution in [1.29, 1.82) is 0 Å². The standard InChI is InChI=1S/C21H18Cl2N4O3/c22-13-5-6-17(16(23)11-13)27-20-14-3-1-2-4-18(14)30-12-15(20)19(24-27)21(28)25-26-7-9-29-10-8-26/h1-6,11H,7-10,12H2,(H,25,28). The molecule has 1 amide bonds. The summed E-state index contributed by atoms with van der Waals surface area (Å²) in [5.74, 6) is 0.441. The number of aromatic nitrogens is 2. The Labute approximate surface area is 183 Å². The molecule has 0 bridgehead atoms. The van der Waals surface area contributed by atoms with Crippen LogP contribution in [0, 0.1) is 0 Å². The molecule has 1 aromatic heterocycles. The van der Waals surface area contributed by atoms with E-state index in [2.05, 4.69) is 10.5 Å². The number of amides is 1. The first-order valence-electron chi connectivity index (χ1n) is 9.55. The number of nitrogens with zero attached hydrogens (tertiary/aromatic N) is 3. The average Bonchev–Trinajstić information content (AvgIpc) is 3.14. The molecule has 5 rings (SSSR count). The highest BCUT2D eigenvalue weighted by Crippen LogP contribution is 2.41. The third-order valence-electron chi connectivity index (χ3n) is 5.12. The lowest BCUT2D eigenvalue weighted by Crippen LogP contribution is -2.48. The number of carbonyl (C=O) groups excluding carboxylic acids is 1. The number of para-hydroxylation sites is 1. The van der Waals surface area contributed by atoms with Crippen molar-refractivity contribution in [3.8, 4) is 22.7 Å². The zero-order chi connectivity index (χ0) is 20.7. The maximum atomic E-state index is 13.1. The largest absolute Gasteiger partial charge is 0.488 e. The number of halogens is 2. The van der Waals surface area contributed by atoms with Crippen LogP contribution in [0.5, 0.6) is 5.75 Å². The molecule has 0 spiro atoms. The highest BCUT2D eigenvalue weighted by molar-refractivity contribution is 6.35. The molecule has 2 aliphatic rings. The first-order chi connectivity index (χ1) is 14.6. The van der Waals surface area contributed by atoms with Crippen molar-refractivity contribution in [2.24, 2.45) is 0 Å². The van der Waals surface area contributed by atoms with Crippen LogP contribution in [0.25, 0.3) is 16.9 Å². The molecular weight excluding hydrogens is 427 g/mol. The molecule has 0 saturated carbocycles. The molecule has 2 aliphatic heterocycles. The van der Waals surface area contributed by atoms with Gasteiger partial charge in [0.25, 0.3) is 5.91 Å². The van der Waals surface area contributed by atoms with Gasteiger partial charge in [0.05, 0.1) is 29.6 Å². The van der Waals surface area contributed by atoms with Gasteiger partial charge in [-0.3, -0.25) is 10.2 Å². The Kier molecular flexibility index (Phi) is 5.12. The topological polar surface area (TPSA) is 68.6 Å². The summed E-state index contributed by atoms with van der Waals surface area (Å²) in [6.07, 6.45) is 0. The number of hydrazine groups is 1. The van der Waals surface area contributed by atoms with E-state index < -0.39 is 0 Å². The molecule has 1 fully saturated rings. The first kappa shape index (κ1) is 19.4. The summed E-state index contributed by atoms with van der Waals surface area (Å²) in [4.78, 5) is 13.1. The highest BCUT2D eigenvalue weighted by Gasteiger charge is 2.31. The Hall–Kier alpha value is -2.58. The van der Waals surface area contributed by atoms with Gasteiger partial charge in [-0.25, -0.2) is 9.69 Å². The van der Waals surface area contributed by atoms with E-state index in [0.717, 1.165) is 17.0 Å². The van der Waals surface area contributed by atoms with Gasteiger partial charge < -0.3 is 9.47 Å². The molecule has 2 aromatic carbocycles. The van der Waals surface area contributed by atoms with Crippen LogP contribution in [0.4, 0.5) is 0 Å². The van der Waals surface area contributed by atoms with E-state index in [0.29, 0.717) is 53.3 Å². The molecule has 0 radical (unpaired) electrons. The van der Waals surface area contributed by atoms with E-state index >= 15 is 0 Å². The minimum Gasteiger partial charge on any atom is -0.488 e. The Morgan fingerprint density at radius 3 is 2.70 bits per heavy atom. The zero-order valence-electron chi connectivity index (χ0n) is 15.9. The van der Waals surface area contributed by atoms with Gasteiger partial charge in [-0.15, -0.1) is 0 Å². The van der Waals surface area contributed by atoms with E-state index in [4.69, 9.17) is 32.7 Å². The van der Waals surface area contributed by atoms with Crippen molar-refractivity contribution in [3.63, 3.8) is 0 Å². The third-order valence-corrected chi connectivity index (χ3v) is 5.66. The predicted molar refractivity (Wildman–Crippen MR) is 113 cm³/mol. The number of fused-ring (bicyclic) bond motifs is 3. The summed E-state index contributed by atoms with van der Waals surface area (Å²) in [7, 11) is 0. The van der Waals surface area contributed by atoms with E-state index in [1.807, 2.05) is 29.3 Å². The van der Waals surface area contributed by atoms with E-state index in [9.17, 15) is 4.79 Å². The van der Waals surface area contributed by atoms with Gasteiger partial charge in [0.1, 0.15) is 12.4 Å². The van der Waals surface area contributed by atoms with Crippen molar-refractivity contribution >= 4 is 29.1 Å². The molecule has 154 valence electrons. The van der Waals surface area contributed by atoms with Crippen LogP contribution in [0.1, 0.15) is 16.1 Å². The number of rotatable bonds is 3. The minimum absolute atomic E-state index is 0.240. The van der Waals surface area contributed by atoms with Crippen LogP contribution in [0.3, 0.4) is 0 Å². The summed E-state index contributed by atoms with van der Waals surface area (Å²) in [5, 5.41) is 7.46. The van der Waals surface area contributed by atoms with Gasteiger partial charge in [0.2, 0.25) is 0 Å². The number of nitrogens with one attached hydrogen (secondary N) is 1. The molecular formula is C21H18Cl2N4O3. The summed E-state index contributed by atoms with van der Waals surface area (Å²) in [5.41, 5.74) is 6.22. The SMILES string of the molecule is O=C(NN1CCOCC1)c1nn(-c2ccc(Cl)cc2Cl)c2c1COc1ccccc1-2. The van der Waals surface area contributed by atoms with Crippen LogP contribution in [0.15, 0.2) is 42.5 Å². The molecule has 0 unspecified atom stereocenters. The van der Waals surface area contributed by atoms with Crippen LogP contribution in [-0.2, 0) is 11.3 Å². The fourth-order valence-corrected chi connectivity index (χ4v) is 4.17. The molecule has 9 heteroatoms. The summed E-state index contributed by atoms with van der Waals surface area (Å²) in [6, 6.07) is 12.9. The van der Waals surface area contributed by atoms with E-state index in [-0.39, 0.29) is 12.5 Å². The summed E-state index contributed by atoms with van der Waals surface area (Å²) < 4.78 is 12.9. The lowest BCUT2D eigenvalue weighted by molar-refractivity contribution is 0.0124. The van der Waals surface area contributed by atoms with Crippen molar-refractivity contribution in [1.82, 2.24) is 20.2 Å². The van der Waals surface area contributed by atoms with Gasteiger partial charge in [-0.1, -0.05) is 35.3 Å².